The van der Waals surface area contributed by atoms with Crippen molar-refractivity contribution in [3.05, 3.63) is 137 Å². The molecule has 1 amide bonds. The van der Waals surface area contributed by atoms with Crippen molar-refractivity contribution in [1.29, 1.82) is 0 Å². The van der Waals surface area contributed by atoms with Crippen LogP contribution in [-0.4, -0.2) is 40.6 Å². The fraction of sp³-hybridized carbons (Fsp3) is 0.297. The van der Waals surface area contributed by atoms with E-state index in [1.54, 1.807) is 6.07 Å². The summed E-state index contributed by atoms with van der Waals surface area (Å²) in [6, 6.07) is 36.0. The Morgan fingerprint density at radius 3 is 2.09 bits per heavy atom. The summed E-state index contributed by atoms with van der Waals surface area (Å²) in [6.07, 6.45) is -1.39. The monoisotopic (exact) mass is 608 g/mol. The van der Waals surface area contributed by atoms with Crippen molar-refractivity contribution in [1.82, 2.24) is 4.90 Å². The second-order valence-corrected chi connectivity index (χ2v) is 11.4. The molecule has 1 fully saturated rings. The van der Waals surface area contributed by atoms with Crippen molar-refractivity contribution in [3.63, 3.8) is 0 Å². The fourth-order valence-electron chi connectivity index (χ4n) is 5.50. The van der Waals surface area contributed by atoms with Gasteiger partial charge in [-0.25, -0.2) is 0 Å². The van der Waals surface area contributed by atoms with Gasteiger partial charge in [-0.1, -0.05) is 97.1 Å². The van der Waals surface area contributed by atoms with Crippen LogP contribution < -0.4 is 5.32 Å². The molecule has 234 valence electrons. The minimum atomic E-state index is -0.927. The average Bonchev–Trinajstić information content (AvgIpc) is 3.05. The number of aliphatic hydroxyl groups is 1. The Morgan fingerprint density at radius 2 is 1.49 bits per heavy atom. The first-order valence-electron chi connectivity index (χ1n) is 15.2. The van der Waals surface area contributed by atoms with E-state index >= 15 is 0 Å². The van der Waals surface area contributed by atoms with E-state index in [9.17, 15) is 14.7 Å². The molecule has 1 aliphatic rings. The van der Waals surface area contributed by atoms with Crippen LogP contribution in [0, 0.1) is 0 Å². The van der Waals surface area contributed by atoms with Gasteiger partial charge in [0, 0.05) is 44.2 Å². The Labute approximate surface area is 264 Å². The smallest absolute Gasteiger partial charge is 0.303 e. The molecule has 1 heterocycles. The normalized spacial score (nSPS) is 18.7. The first-order chi connectivity index (χ1) is 21.9. The Morgan fingerprint density at radius 1 is 0.844 bits per heavy atom. The minimum absolute atomic E-state index is 0.0251. The van der Waals surface area contributed by atoms with Crippen LogP contribution in [0.1, 0.15) is 60.5 Å². The topological polar surface area (TPSA) is 97.3 Å². The van der Waals surface area contributed by atoms with Gasteiger partial charge in [-0.15, -0.1) is 0 Å². The van der Waals surface area contributed by atoms with E-state index in [0.29, 0.717) is 18.7 Å². The van der Waals surface area contributed by atoms with Gasteiger partial charge in [-0.05, 0) is 41.3 Å². The number of hydrogen-bond acceptors (Lipinski definition) is 7. The van der Waals surface area contributed by atoms with Crippen molar-refractivity contribution < 1.29 is 28.9 Å². The van der Waals surface area contributed by atoms with E-state index in [1.165, 1.54) is 25.0 Å². The van der Waals surface area contributed by atoms with Crippen LogP contribution in [0.25, 0.3) is 0 Å². The van der Waals surface area contributed by atoms with Gasteiger partial charge in [0.2, 0.25) is 0 Å². The predicted molar refractivity (Wildman–Crippen MR) is 172 cm³/mol. The summed E-state index contributed by atoms with van der Waals surface area (Å²) in [6.45, 7) is 4.97. The lowest BCUT2D eigenvalue weighted by Crippen LogP contribution is -2.39. The molecule has 4 aromatic carbocycles. The fourth-order valence-corrected chi connectivity index (χ4v) is 5.50. The molecule has 8 nitrogen and oxygen atoms in total. The van der Waals surface area contributed by atoms with Gasteiger partial charge in [0.15, 0.2) is 12.4 Å². The molecule has 0 bridgehead atoms. The number of amides is 1. The number of ether oxygens (including phenoxy) is 3. The lowest BCUT2D eigenvalue weighted by atomic mass is 9.99. The SMILES string of the molecule is CC(=O)O[C@@H](C)C(=O)Nc1cccc([C@H]2O[C@@H](CN(Cc3ccccc3)Cc3ccccc3)C[C@@H](c3ccc(CO)cc3)O2)c1. The quantitative estimate of drug-likeness (QED) is 0.182. The van der Waals surface area contributed by atoms with E-state index in [-0.39, 0.29) is 18.8 Å². The van der Waals surface area contributed by atoms with Crippen molar-refractivity contribution in [2.75, 3.05) is 11.9 Å². The Balaban J connectivity index is 1.39. The van der Waals surface area contributed by atoms with Crippen LogP contribution in [0.2, 0.25) is 0 Å². The molecule has 1 aliphatic heterocycles. The number of carbonyl (C=O) groups is 2. The third-order valence-corrected chi connectivity index (χ3v) is 7.71. The van der Waals surface area contributed by atoms with Crippen LogP contribution in [0.4, 0.5) is 5.69 Å². The summed E-state index contributed by atoms with van der Waals surface area (Å²) in [7, 11) is 0. The highest BCUT2D eigenvalue weighted by molar-refractivity contribution is 5.95. The highest BCUT2D eigenvalue weighted by Gasteiger charge is 2.33. The molecule has 8 heteroatoms. The molecular formula is C37H40N2O6. The number of aliphatic hydroxyl groups excluding tert-OH is 1. The van der Waals surface area contributed by atoms with Crippen molar-refractivity contribution in [2.45, 2.75) is 64.6 Å². The number of anilines is 1. The summed E-state index contributed by atoms with van der Waals surface area (Å²) in [5.74, 6) is -0.946. The average molecular weight is 609 g/mol. The second kappa shape index (κ2) is 15.6. The summed E-state index contributed by atoms with van der Waals surface area (Å²) >= 11 is 0. The number of benzene rings is 4. The molecule has 0 unspecified atom stereocenters. The summed E-state index contributed by atoms with van der Waals surface area (Å²) in [5.41, 5.74) is 5.58. The minimum Gasteiger partial charge on any atom is -0.453 e. The van der Waals surface area contributed by atoms with Gasteiger partial charge in [-0.3, -0.25) is 14.5 Å². The van der Waals surface area contributed by atoms with Crippen molar-refractivity contribution in [2.24, 2.45) is 0 Å². The number of esters is 1. The van der Waals surface area contributed by atoms with Gasteiger partial charge in [0.1, 0.15) is 0 Å². The predicted octanol–water partition coefficient (Wildman–Crippen LogP) is 6.32. The number of rotatable bonds is 12. The van der Waals surface area contributed by atoms with Crippen molar-refractivity contribution in [3.8, 4) is 0 Å². The molecule has 0 spiro atoms. The zero-order chi connectivity index (χ0) is 31.6. The number of nitrogens with zero attached hydrogens (tertiary/aromatic N) is 1. The van der Waals surface area contributed by atoms with Crippen LogP contribution in [0.5, 0.6) is 0 Å². The van der Waals surface area contributed by atoms with E-state index in [4.69, 9.17) is 14.2 Å². The van der Waals surface area contributed by atoms with Gasteiger partial charge in [-0.2, -0.15) is 0 Å². The zero-order valence-corrected chi connectivity index (χ0v) is 25.7. The summed E-state index contributed by atoms with van der Waals surface area (Å²) in [5, 5.41) is 12.4. The lowest BCUT2D eigenvalue weighted by molar-refractivity contribution is -0.253. The standard InChI is InChI=1S/C37H40N2O6/c1-26(43-27(2)41)36(42)38-33-15-9-14-32(20-33)37-44-34(21-35(45-37)31-18-16-30(25-40)17-19-31)24-39(22-28-10-5-3-6-11-28)23-29-12-7-4-8-13-29/h3-20,26,34-35,37,40H,21-25H2,1-2H3,(H,38,42)/t26-,34+,35-,37-/m0/s1. The first kappa shape index (κ1) is 32.1. The van der Waals surface area contributed by atoms with Crippen LogP contribution in [0.3, 0.4) is 0 Å². The molecule has 0 radical (unpaired) electrons. The third kappa shape index (κ3) is 9.33. The number of hydrogen-bond donors (Lipinski definition) is 2. The maximum Gasteiger partial charge on any atom is 0.303 e. The maximum absolute atomic E-state index is 12.6. The molecule has 0 aliphatic carbocycles. The second-order valence-electron chi connectivity index (χ2n) is 11.4. The lowest BCUT2D eigenvalue weighted by Gasteiger charge is -2.38. The molecule has 1 saturated heterocycles. The molecule has 5 rings (SSSR count). The molecule has 45 heavy (non-hydrogen) atoms. The number of carbonyl (C=O) groups excluding carboxylic acids is 2. The first-order valence-corrected chi connectivity index (χ1v) is 15.2. The van der Waals surface area contributed by atoms with E-state index in [2.05, 4.69) is 58.7 Å². The van der Waals surface area contributed by atoms with Crippen LogP contribution in [-0.2, 0) is 43.5 Å². The highest BCUT2D eigenvalue weighted by atomic mass is 16.7. The Hall–Kier alpha value is -4.34. The molecule has 0 saturated carbocycles. The number of nitrogens with one attached hydrogen (secondary N) is 1. The molecule has 2 N–H and O–H groups in total. The van der Waals surface area contributed by atoms with Gasteiger partial charge in [0.25, 0.3) is 5.91 Å². The van der Waals surface area contributed by atoms with Crippen LogP contribution in [0.15, 0.2) is 109 Å². The Kier molecular flexibility index (Phi) is 11.1. The molecule has 4 atom stereocenters. The van der Waals surface area contributed by atoms with E-state index in [0.717, 1.165) is 29.8 Å². The largest absolute Gasteiger partial charge is 0.453 e. The molecular weight excluding hydrogens is 568 g/mol. The summed E-state index contributed by atoms with van der Waals surface area (Å²) < 4.78 is 18.2. The maximum atomic E-state index is 12.6. The molecule has 0 aromatic heterocycles. The zero-order valence-electron chi connectivity index (χ0n) is 25.7. The van der Waals surface area contributed by atoms with E-state index in [1.807, 2.05) is 54.6 Å². The molecule has 4 aromatic rings. The van der Waals surface area contributed by atoms with Gasteiger partial charge < -0.3 is 24.6 Å². The summed E-state index contributed by atoms with van der Waals surface area (Å²) in [4.78, 5) is 26.3. The van der Waals surface area contributed by atoms with E-state index < -0.39 is 24.3 Å². The highest BCUT2D eigenvalue weighted by Crippen LogP contribution is 2.39. The Bertz CT molecular complexity index is 1490. The van der Waals surface area contributed by atoms with Gasteiger partial charge >= 0.3 is 5.97 Å². The van der Waals surface area contributed by atoms with Crippen LogP contribution >= 0.6 is 0 Å². The van der Waals surface area contributed by atoms with Crippen molar-refractivity contribution >= 4 is 17.6 Å². The van der Waals surface area contributed by atoms with Gasteiger partial charge in [0.05, 0.1) is 18.8 Å². The third-order valence-electron chi connectivity index (χ3n) is 7.71.